The SMILES string of the molecule is OC[C@H]1SC(S)[C@H](O)[C@@H](O)[C@@H]1O. The van der Waals surface area contributed by atoms with Crippen molar-refractivity contribution in [3.63, 3.8) is 0 Å². The molecule has 0 amide bonds. The van der Waals surface area contributed by atoms with Gasteiger partial charge in [-0.3, -0.25) is 0 Å². The summed E-state index contributed by atoms with van der Waals surface area (Å²) in [7, 11) is 0. The summed E-state index contributed by atoms with van der Waals surface area (Å²) in [6, 6.07) is 0. The summed E-state index contributed by atoms with van der Waals surface area (Å²) >= 11 is 5.16. The Morgan fingerprint density at radius 1 is 1.08 bits per heavy atom. The van der Waals surface area contributed by atoms with Crippen molar-refractivity contribution in [2.24, 2.45) is 0 Å². The first kappa shape index (κ1) is 10.6. The van der Waals surface area contributed by atoms with E-state index in [1.807, 2.05) is 0 Å². The molecular formula is C6H12O4S2. The molecule has 6 heteroatoms. The zero-order chi connectivity index (χ0) is 9.30. The van der Waals surface area contributed by atoms with E-state index in [0.717, 1.165) is 11.8 Å². The smallest absolute Gasteiger partial charge is 0.109 e. The van der Waals surface area contributed by atoms with Crippen molar-refractivity contribution >= 4 is 24.4 Å². The van der Waals surface area contributed by atoms with Gasteiger partial charge in [-0.25, -0.2) is 0 Å². The van der Waals surface area contributed by atoms with Gasteiger partial charge in [-0.15, -0.1) is 11.8 Å². The maximum Gasteiger partial charge on any atom is 0.109 e. The number of thioether (sulfide) groups is 1. The van der Waals surface area contributed by atoms with Crippen molar-refractivity contribution in [2.75, 3.05) is 6.61 Å². The van der Waals surface area contributed by atoms with Crippen molar-refractivity contribution in [2.45, 2.75) is 28.1 Å². The zero-order valence-corrected chi connectivity index (χ0v) is 7.95. The molecule has 5 atom stereocenters. The Balaban J connectivity index is 2.63. The highest BCUT2D eigenvalue weighted by atomic mass is 32.2. The number of hydrogen-bond acceptors (Lipinski definition) is 6. The van der Waals surface area contributed by atoms with E-state index in [1.54, 1.807) is 0 Å². The van der Waals surface area contributed by atoms with Crippen LogP contribution in [0.1, 0.15) is 0 Å². The molecule has 0 aromatic rings. The minimum absolute atomic E-state index is 0.229. The zero-order valence-electron chi connectivity index (χ0n) is 6.24. The molecule has 0 aromatic heterocycles. The Hall–Kier alpha value is 0.540. The fraction of sp³-hybridized carbons (Fsp3) is 1.00. The second-order valence-electron chi connectivity index (χ2n) is 2.72. The van der Waals surface area contributed by atoms with E-state index < -0.39 is 28.1 Å². The number of aliphatic hydroxyl groups is 4. The largest absolute Gasteiger partial charge is 0.395 e. The van der Waals surface area contributed by atoms with E-state index in [2.05, 4.69) is 12.6 Å². The van der Waals surface area contributed by atoms with Crippen molar-refractivity contribution in [1.82, 2.24) is 0 Å². The third kappa shape index (κ3) is 1.89. The van der Waals surface area contributed by atoms with Crippen LogP contribution in [-0.4, -0.2) is 55.2 Å². The number of rotatable bonds is 1. The lowest BCUT2D eigenvalue weighted by atomic mass is 10.1. The molecule has 12 heavy (non-hydrogen) atoms. The Morgan fingerprint density at radius 3 is 2.17 bits per heavy atom. The molecule has 1 rings (SSSR count). The van der Waals surface area contributed by atoms with Gasteiger partial charge in [0, 0.05) is 0 Å². The summed E-state index contributed by atoms with van der Waals surface area (Å²) in [5.41, 5.74) is 0. The monoisotopic (exact) mass is 212 g/mol. The average Bonchev–Trinajstić information content (AvgIpc) is 2.08. The second-order valence-corrected chi connectivity index (χ2v) is 5.01. The maximum absolute atomic E-state index is 9.30. The Morgan fingerprint density at radius 2 is 1.67 bits per heavy atom. The van der Waals surface area contributed by atoms with Gasteiger partial charge in [-0.05, 0) is 0 Å². The summed E-state index contributed by atoms with van der Waals surface area (Å²) in [6.45, 7) is -0.229. The normalized spacial score (nSPS) is 49.2. The summed E-state index contributed by atoms with van der Waals surface area (Å²) in [6.07, 6.45) is -3.35. The van der Waals surface area contributed by atoms with Crippen LogP contribution >= 0.6 is 24.4 Å². The van der Waals surface area contributed by atoms with Gasteiger partial charge < -0.3 is 20.4 Å². The van der Waals surface area contributed by atoms with Gasteiger partial charge in [0.2, 0.25) is 0 Å². The molecule has 1 fully saturated rings. The molecule has 1 saturated heterocycles. The fourth-order valence-corrected chi connectivity index (χ4v) is 2.82. The molecule has 0 aromatic carbocycles. The first-order chi connectivity index (χ1) is 5.57. The number of aliphatic hydroxyl groups excluding tert-OH is 4. The quantitative estimate of drug-likeness (QED) is 0.339. The van der Waals surface area contributed by atoms with Crippen LogP contribution in [-0.2, 0) is 0 Å². The Kier molecular flexibility index (Phi) is 3.69. The van der Waals surface area contributed by atoms with Crippen LogP contribution in [0.4, 0.5) is 0 Å². The van der Waals surface area contributed by atoms with Crippen molar-refractivity contribution in [3.05, 3.63) is 0 Å². The summed E-state index contributed by atoms with van der Waals surface area (Å²) in [4.78, 5) is 0. The van der Waals surface area contributed by atoms with Crippen LogP contribution in [0.2, 0.25) is 0 Å². The molecule has 4 nitrogen and oxygen atoms in total. The van der Waals surface area contributed by atoms with Gasteiger partial charge in [0.05, 0.1) is 22.5 Å². The van der Waals surface area contributed by atoms with Gasteiger partial charge in [0.1, 0.15) is 12.2 Å². The van der Waals surface area contributed by atoms with Gasteiger partial charge in [0.25, 0.3) is 0 Å². The highest BCUT2D eigenvalue weighted by molar-refractivity contribution is 8.10. The molecule has 1 aliphatic heterocycles. The lowest BCUT2D eigenvalue weighted by Gasteiger charge is -2.37. The van der Waals surface area contributed by atoms with E-state index >= 15 is 0 Å². The molecule has 72 valence electrons. The Labute approximate surface area is 80.0 Å². The van der Waals surface area contributed by atoms with E-state index in [-0.39, 0.29) is 6.61 Å². The van der Waals surface area contributed by atoms with E-state index in [9.17, 15) is 15.3 Å². The van der Waals surface area contributed by atoms with Crippen LogP contribution < -0.4 is 0 Å². The maximum atomic E-state index is 9.30. The van der Waals surface area contributed by atoms with Crippen LogP contribution in [0.5, 0.6) is 0 Å². The molecule has 0 radical (unpaired) electrons. The molecule has 4 N–H and O–H groups in total. The lowest BCUT2D eigenvalue weighted by Crippen LogP contribution is -2.52. The van der Waals surface area contributed by atoms with E-state index in [4.69, 9.17) is 5.11 Å². The van der Waals surface area contributed by atoms with Gasteiger partial charge >= 0.3 is 0 Å². The second kappa shape index (κ2) is 4.17. The van der Waals surface area contributed by atoms with Crippen LogP contribution in [0.3, 0.4) is 0 Å². The van der Waals surface area contributed by atoms with Gasteiger partial charge in [-0.2, -0.15) is 12.6 Å². The predicted octanol–water partition coefficient (Wildman–Crippen LogP) is -1.57. The minimum atomic E-state index is -1.22. The predicted molar refractivity (Wildman–Crippen MR) is 49.3 cm³/mol. The molecule has 1 heterocycles. The first-order valence-corrected chi connectivity index (χ1v) is 5.02. The number of thiol groups is 1. The standard InChI is InChI=1S/C6H12O4S2/c7-1-2-3(8)4(9)5(10)6(11)12-2/h2-11H,1H2/t2-,3-,4+,5-,6?/m1/s1. The highest BCUT2D eigenvalue weighted by Crippen LogP contribution is 2.34. The topological polar surface area (TPSA) is 80.9 Å². The summed E-state index contributed by atoms with van der Waals surface area (Å²) in [5, 5.41) is 36.1. The number of hydrogen-bond donors (Lipinski definition) is 5. The van der Waals surface area contributed by atoms with Crippen LogP contribution in [0.25, 0.3) is 0 Å². The van der Waals surface area contributed by atoms with E-state index in [0.29, 0.717) is 0 Å². The minimum Gasteiger partial charge on any atom is -0.395 e. The van der Waals surface area contributed by atoms with Crippen molar-refractivity contribution in [1.29, 1.82) is 0 Å². The van der Waals surface area contributed by atoms with Gasteiger partial charge in [0.15, 0.2) is 0 Å². The average molecular weight is 212 g/mol. The Bertz CT molecular complexity index is 152. The molecule has 1 unspecified atom stereocenters. The van der Waals surface area contributed by atoms with Crippen LogP contribution in [0, 0.1) is 0 Å². The molecule has 0 spiro atoms. The van der Waals surface area contributed by atoms with E-state index in [1.165, 1.54) is 0 Å². The van der Waals surface area contributed by atoms with Gasteiger partial charge in [-0.1, -0.05) is 0 Å². The molecular weight excluding hydrogens is 200 g/mol. The molecule has 0 saturated carbocycles. The van der Waals surface area contributed by atoms with Crippen molar-refractivity contribution < 1.29 is 20.4 Å². The molecule has 0 aliphatic carbocycles. The summed E-state index contributed by atoms with van der Waals surface area (Å²) < 4.78 is -0.458. The van der Waals surface area contributed by atoms with Crippen molar-refractivity contribution in [3.8, 4) is 0 Å². The fourth-order valence-electron chi connectivity index (χ4n) is 1.08. The highest BCUT2D eigenvalue weighted by Gasteiger charge is 2.41. The lowest BCUT2D eigenvalue weighted by molar-refractivity contribution is -0.0623. The molecule has 1 aliphatic rings. The molecule has 0 bridgehead atoms. The van der Waals surface area contributed by atoms with Crippen LogP contribution in [0.15, 0.2) is 0 Å². The third-order valence-corrected chi connectivity index (χ3v) is 3.87. The summed E-state index contributed by atoms with van der Waals surface area (Å²) in [5.74, 6) is 0. The third-order valence-electron chi connectivity index (χ3n) is 1.87. The first-order valence-electron chi connectivity index (χ1n) is 3.56.